The lowest BCUT2D eigenvalue weighted by atomic mass is 9.94. The molecular weight excluding hydrogens is 717 g/mol. The van der Waals surface area contributed by atoms with Gasteiger partial charge in [-0.2, -0.15) is 0 Å². The topological polar surface area (TPSA) is 34.5 Å². The maximum absolute atomic E-state index is 6.41. The van der Waals surface area contributed by atoms with Crippen molar-refractivity contribution in [3.63, 3.8) is 0 Å². The first-order chi connectivity index (χ1) is 28.2. The molecule has 1 aliphatic heterocycles. The van der Waals surface area contributed by atoms with Gasteiger partial charge in [-0.3, -0.25) is 9.47 Å². The molecule has 0 amide bonds. The summed E-state index contributed by atoms with van der Waals surface area (Å²) in [5, 5.41) is 5.69. The van der Waals surface area contributed by atoms with Crippen molar-refractivity contribution in [3.05, 3.63) is 205 Å². The van der Waals surface area contributed by atoms with Crippen LogP contribution < -0.4 is 4.90 Å². The summed E-state index contributed by atoms with van der Waals surface area (Å²) >= 11 is 1.85. The van der Waals surface area contributed by atoms with Crippen LogP contribution in [0.1, 0.15) is 16.7 Å². The minimum absolute atomic E-state index is 0.867. The van der Waals surface area contributed by atoms with Crippen molar-refractivity contribution >= 4 is 95.4 Å². The van der Waals surface area contributed by atoms with Gasteiger partial charge in [0, 0.05) is 43.2 Å². The third kappa shape index (κ3) is 5.10. The molecule has 4 nitrogen and oxygen atoms in total. The van der Waals surface area contributed by atoms with Crippen molar-refractivity contribution in [1.82, 2.24) is 4.57 Å². The van der Waals surface area contributed by atoms with Crippen LogP contribution in [0, 0.1) is 0 Å². The average Bonchev–Trinajstić information content (AvgIpc) is 3.94. The van der Waals surface area contributed by atoms with E-state index in [2.05, 4.69) is 179 Å². The van der Waals surface area contributed by atoms with Crippen LogP contribution in [0.4, 0.5) is 17.2 Å². The minimum atomic E-state index is 0.867. The summed E-state index contributed by atoms with van der Waals surface area (Å²) in [6, 6.07) is 66.7. The van der Waals surface area contributed by atoms with Crippen LogP contribution in [0.5, 0.6) is 0 Å². The number of hydrogen-bond acceptors (Lipinski definition) is 4. The molecule has 5 heteroatoms. The van der Waals surface area contributed by atoms with E-state index in [9.17, 15) is 0 Å². The Hall–Kier alpha value is -7.21. The molecule has 4 heterocycles. The van der Waals surface area contributed by atoms with Gasteiger partial charge in [0.05, 0.1) is 16.1 Å². The summed E-state index contributed by atoms with van der Waals surface area (Å²) in [5.41, 5.74) is 12.4. The van der Waals surface area contributed by atoms with Gasteiger partial charge >= 0.3 is 0 Å². The van der Waals surface area contributed by atoms with Gasteiger partial charge in [0.2, 0.25) is 0 Å². The van der Waals surface area contributed by atoms with E-state index in [0.717, 1.165) is 89.0 Å². The third-order valence-electron chi connectivity index (χ3n) is 11.2. The smallest absolute Gasteiger partial charge is 0.137 e. The second-order valence-corrected chi connectivity index (χ2v) is 15.6. The largest absolute Gasteiger partial charge is 0.456 e. The first-order valence-electron chi connectivity index (χ1n) is 19.2. The van der Waals surface area contributed by atoms with Gasteiger partial charge in [0.15, 0.2) is 0 Å². The quantitative estimate of drug-likeness (QED) is 0.164. The van der Waals surface area contributed by atoms with Gasteiger partial charge in [-0.05, 0) is 107 Å². The summed E-state index contributed by atoms with van der Waals surface area (Å²) in [5.74, 6) is 1.15. The molecule has 0 radical (unpaired) electrons. The molecular formula is C52H32N2O2S. The van der Waals surface area contributed by atoms with Gasteiger partial charge in [-0.15, -0.1) is 0 Å². The molecule has 0 saturated heterocycles. The van der Waals surface area contributed by atoms with Crippen LogP contribution in [0.3, 0.4) is 0 Å². The number of nitrogens with zero attached hydrogens (tertiary/aromatic N) is 2. The van der Waals surface area contributed by atoms with Gasteiger partial charge in [0.25, 0.3) is 0 Å². The zero-order chi connectivity index (χ0) is 37.5. The van der Waals surface area contributed by atoms with Crippen molar-refractivity contribution in [3.8, 4) is 5.69 Å². The predicted octanol–water partition coefficient (Wildman–Crippen LogP) is 15.0. The number of fused-ring (bicyclic) bond motifs is 10. The first kappa shape index (κ1) is 32.1. The standard InChI is InChI=1S/C52H32N2O2S/c1-3-13-36(14-4-1)53-44-20-10-7-19-42(44)51-52(53)54(37-15-5-2-6-16-37)45-28-23-33(30-50(45)57-51)29-43(34-24-26-40-38-17-8-11-21-46(38)55-48(40)31-34)35-25-27-41-39-18-9-12-22-47(39)56-49(41)32-35/h1-32H. The van der Waals surface area contributed by atoms with E-state index < -0.39 is 0 Å². The predicted molar refractivity (Wildman–Crippen MR) is 236 cm³/mol. The number of para-hydroxylation sites is 5. The zero-order valence-corrected chi connectivity index (χ0v) is 31.4. The summed E-state index contributed by atoms with van der Waals surface area (Å²) in [6.45, 7) is 0. The van der Waals surface area contributed by atoms with E-state index in [1.54, 1.807) is 0 Å². The lowest BCUT2D eigenvalue weighted by Crippen LogP contribution is -2.17. The van der Waals surface area contributed by atoms with Gasteiger partial charge in [-0.1, -0.05) is 121 Å². The second-order valence-electron chi connectivity index (χ2n) is 14.5. The first-order valence-corrected chi connectivity index (χ1v) is 20.0. The molecule has 1 aliphatic rings. The van der Waals surface area contributed by atoms with E-state index in [1.165, 1.54) is 20.7 Å². The molecule has 0 spiro atoms. The highest BCUT2D eigenvalue weighted by Gasteiger charge is 2.32. The number of anilines is 3. The Morgan fingerprint density at radius 3 is 1.65 bits per heavy atom. The lowest BCUT2D eigenvalue weighted by Gasteiger charge is -2.33. The highest BCUT2D eigenvalue weighted by Crippen LogP contribution is 2.56. The zero-order valence-electron chi connectivity index (χ0n) is 30.6. The van der Waals surface area contributed by atoms with Crippen LogP contribution in [-0.2, 0) is 0 Å². The molecule has 0 saturated carbocycles. The number of benzene rings is 8. The molecule has 268 valence electrons. The van der Waals surface area contributed by atoms with Crippen molar-refractivity contribution in [2.75, 3.05) is 4.90 Å². The van der Waals surface area contributed by atoms with E-state index in [1.807, 2.05) is 36.0 Å². The molecule has 0 unspecified atom stereocenters. The molecule has 8 aromatic carbocycles. The van der Waals surface area contributed by atoms with Crippen LogP contribution >= 0.6 is 11.8 Å². The fourth-order valence-corrected chi connectivity index (χ4v) is 9.81. The van der Waals surface area contributed by atoms with E-state index in [-0.39, 0.29) is 0 Å². The lowest BCUT2D eigenvalue weighted by molar-refractivity contribution is 0.668. The summed E-state index contributed by atoms with van der Waals surface area (Å²) < 4.78 is 15.2. The maximum atomic E-state index is 6.41. The monoisotopic (exact) mass is 748 g/mol. The van der Waals surface area contributed by atoms with E-state index in [0.29, 0.717) is 0 Å². The normalized spacial score (nSPS) is 12.5. The fraction of sp³-hybridized carbons (Fsp3) is 0. The molecule has 3 aromatic heterocycles. The van der Waals surface area contributed by atoms with Gasteiger partial charge in [-0.25, -0.2) is 0 Å². The number of aromatic nitrogens is 1. The van der Waals surface area contributed by atoms with Crippen LogP contribution in [0.25, 0.3) is 72.1 Å². The molecule has 0 aliphatic carbocycles. The third-order valence-corrected chi connectivity index (χ3v) is 12.3. The van der Waals surface area contributed by atoms with Crippen molar-refractivity contribution in [2.45, 2.75) is 9.79 Å². The average molecular weight is 749 g/mol. The number of hydrogen-bond donors (Lipinski definition) is 0. The summed E-state index contributed by atoms with van der Waals surface area (Å²) in [7, 11) is 0. The molecule has 12 rings (SSSR count). The van der Waals surface area contributed by atoms with Gasteiger partial charge < -0.3 is 8.83 Å². The molecule has 0 fully saturated rings. The summed E-state index contributed by atoms with van der Waals surface area (Å²) in [6.07, 6.45) is 2.31. The SMILES string of the molecule is C(=C(c1ccc2c(c1)oc1ccccc12)c1ccc2c(c1)oc1ccccc12)c1ccc2c(c1)Sc1c(n(-c3ccccc3)c3ccccc13)N2c1ccccc1. The van der Waals surface area contributed by atoms with Gasteiger partial charge in [0.1, 0.15) is 28.1 Å². The Morgan fingerprint density at radius 2 is 1.00 bits per heavy atom. The Labute approximate surface area is 332 Å². The molecule has 11 aromatic rings. The highest BCUT2D eigenvalue weighted by molar-refractivity contribution is 8.00. The van der Waals surface area contributed by atoms with Crippen molar-refractivity contribution < 1.29 is 8.83 Å². The number of rotatable bonds is 5. The number of furan rings is 2. The minimum Gasteiger partial charge on any atom is -0.456 e. The molecule has 0 bridgehead atoms. The summed E-state index contributed by atoms with van der Waals surface area (Å²) in [4.78, 5) is 4.85. The molecule has 57 heavy (non-hydrogen) atoms. The Morgan fingerprint density at radius 1 is 0.456 bits per heavy atom. The van der Waals surface area contributed by atoms with E-state index >= 15 is 0 Å². The van der Waals surface area contributed by atoms with Crippen LogP contribution in [-0.4, -0.2) is 4.57 Å². The Bertz CT molecular complexity index is 3270. The van der Waals surface area contributed by atoms with Crippen LogP contribution in [0.2, 0.25) is 0 Å². The molecule has 0 atom stereocenters. The fourth-order valence-electron chi connectivity index (χ4n) is 8.57. The Balaban J connectivity index is 1.06. The van der Waals surface area contributed by atoms with Crippen molar-refractivity contribution in [1.29, 1.82) is 0 Å². The second kappa shape index (κ2) is 12.7. The molecule has 0 N–H and O–H groups in total. The van der Waals surface area contributed by atoms with Crippen molar-refractivity contribution in [2.24, 2.45) is 0 Å². The highest BCUT2D eigenvalue weighted by atomic mass is 32.2. The Kier molecular flexibility index (Phi) is 7.13. The maximum Gasteiger partial charge on any atom is 0.137 e. The van der Waals surface area contributed by atoms with Crippen LogP contribution in [0.15, 0.2) is 207 Å². The van der Waals surface area contributed by atoms with E-state index in [4.69, 9.17) is 8.83 Å².